The molecule has 1 N–H and O–H groups in total. The van der Waals surface area contributed by atoms with Crippen molar-refractivity contribution < 1.29 is 0 Å². The molecule has 2 rings (SSSR count). The van der Waals surface area contributed by atoms with Crippen molar-refractivity contribution in [1.82, 2.24) is 19.4 Å². The molecule has 2 aromatic heterocycles. The van der Waals surface area contributed by atoms with Crippen LogP contribution >= 0.6 is 0 Å². The van der Waals surface area contributed by atoms with Crippen LogP contribution < -0.4 is 5.32 Å². The lowest BCUT2D eigenvalue weighted by molar-refractivity contribution is 0.254. The van der Waals surface area contributed by atoms with Gasteiger partial charge in [-0.25, -0.2) is 9.97 Å². The van der Waals surface area contributed by atoms with E-state index in [1.165, 1.54) is 0 Å². The molecule has 0 aliphatic carbocycles. The standard InChI is InChI=1S/C14H23N5/c1-14(2,9-18(3)4)8-16-13-12-11(6-7-15-13)19(5)10-17-12/h6-7,10H,8-9H2,1-5H3,(H,15,16). The molecule has 5 nitrogen and oxygen atoms in total. The van der Waals surface area contributed by atoms with Gasteiger partial charge in [0, 0.05) is 26.3 Å². The van der Waals surface area contributed by atoms with Gasteiger partial charge in [-0.15, -0.1) is 0 Å². The highest BCUT2D eigenvalue weighted by Gasteiger charge is 2.19. The first-order valence-corrected chi connectivity index (χ1v) is 6.54. The molecule has 0 saturated carbocycles. The van der Waals surface area contributed by atoms with Crippen LogP contribution in [0.2, 0.25) is 0 Å². The highest BCUT2D eigenvalue weighted by Crippen LogP contribution is 2.21. The van der Waals surface area contributed by atoms with Crippen molar-refractivity contribution in [2.45, 2.75) is 13.8 Å². The Kier molecular flexibility index (Phi) is 3.75. The highest BCUT2D eigenvalue weighted by molar-refractivity contribution is 5.85. The van der Waals surface area contributed by atoms with Gasteiger partial charge in [0.15, 0.2) is 5.82 Å². The van der Waals surface area contributed by atoms with Gasteiger partial charge in [-0.05, 0) is 25.6 Å². The normalized spacial score (nSPS) is 12.3. The average molecular weight is 261 g/mol. The number of hydrogen-bond acceptors (Lipinski definition) is 4. The minimum atomic E-state index is 0.183. The second kappa shape index (κ2) is 5.17. The molecule has 0 fully saturated rings. The SMILES string of the molecule is CN(C)CC(C)(C)CNc1nccc2c1ncn2C. The van der Waals surface area contributed by atoms with Crippen molar-refractivity contribution in [3.63, 3.8) is 0 Å². The maximum absolute atomic E-state index is 4.41. The first-order valence-electron chi connectivity index (χ1n) is 6.54. The Morgan fingerprint density at radius 2 is 2.05 bits per heavy atom. The highest BCUT2D eigenvalue weighted by atomic mass is 15.1. The zero-order valence-electron chi connectivity index (χ0n) is 12.4. The van der Waals surface area contributed by atoms with Gasteiger partial charge in [0.05, 0.1) is 11.8 Å². The Morgan fingerprint density at radius 3 is 2.74 bits per heavy atom. The molecule has 0 aliphatic heterocycles. The number of pyridine rings is 1. The van der Waals surface area contributed by atoms with Gasteiger partial charge in [0.25, 0.3) is 0 Å². The van der Waals surface area contributed by atoms with Crippen molar-refractivity contribution in [2.75, 3.05) is 32.5 Å². The summed E-state index contributed by atoms with van der Waals surface area (Å²) >= 11 is 0. The number of hydrogen-bond donors (Lipinski definition) is 1. The summed E-state index contributed by atoms with van der Waals surface area (Å²) in [5, 5.41) is 3.43. The maximum Gasteiger partial charge on any atom is 0.154 e. The monoisotopic (exact) mass is 261 g/mol. The van der Waals surface area contributed by atoms with Crippen molar-refractivity contribution in [2.24, 2.45) is 12.5 Å². The third-order valence-corrected chi connectivity index (χ3v) is 3.12. The van der Waals surface area contributed by atoms with E-state index >= 15 is 0 Å². The Morgan fingerprint density at radius 1 is 1.32 bits per heavy atom. The van der Waals surface area contributed by atoms with Crippen LogP contribution in [0.5, 0.6) is 0 Å². The van der Waals surface area contributed by atoms with Gasteiger partial charge in [-0.1, -0.05) is 13.8 Å². The van der Waals surface area contributed by atoms with Crippen molar-refractivity contribution in [1.29, 1.82) is 0 Å². The Balaban J connectivity index is 2.14. The molecule has 2 aromatic rings. The molecule has 0 radical (unpaired) electrons. The number of aryl methyl sites for hydroxylation is 1. The molecule has 5 heteroatoms. The molecular weight excluding hydrogens is 238 g/mol. The molecule has 0 saturated heterocycles. The van der Waals surface area contributed by atoms with E-state index in [0.29, 0.717) is 0 Å². The van der Waals surface area contributed by atoms with E-state index in [1.807, 2.05) is 30.2 Å². The van der Waals surface area contributed by atoms with E-state index in [1.54, 1.807) is 0 Å². The number of anilines is 1. The van der Waals surface area contributed by atoms with Crippen molar-refractivity contribution in [3.05, 3.63) is 18.6 Å². The molecule has 0 aromatic carbocycles. The van der Waals surface area contributed by atoms with Gasteiger partial charge >= 0.3 is 0 Å². The number of fused-ring (bicyclic) bond motifs is 1. The van der Waals surface area contributed by atoms with Gasteiger partial charge in [0.1, 0.15) is 5.52 Å². The van der Waals surface area contributed by atoms with E-state index in [-0.39, 0.29) is 5.41 Å². The number of nitrogens with zero attached hydrogens (tertiary/aromatic N) is 4. The summed E-state index contributed by atoms with van der Waals surface area (Å²) in [6.45, 7) is 6.39. The van der Waals surface area contributed by atoms with Gasteiger partial charge < -0.3 is 14.8 Å². The van der Waals surface area contributed by atoms with Crippen LogP contribution in [0, 0.1) is 5.41 Å². The lowest BCUT2D eigenvalue weighted by Gasteiger charge is -2.28. The largest absolute Gasteiger partial charge is 0.368 e. The van der Waals surface area contributed by atoms with E-state index < -0.39 is 0 Å². The topological polar surface area (TPSA) is 46.0 Å². The number of rotatable bonds is 5. The van der Waals surface area contributed by atoms with Gasteiger partial charge in [-0.3, -0.25) is 0 Å². The summed E-state index contributed by atoms with van der Waals surface area (Å²) in [6, 6.07) is 1.98. The number of nitrogens with one attached hydrogen (secondary N) is 1. The fraction of sp³-hybridized carbons (Fsp3) is 0.571. The van der Waals surface area contributed by atoms with E-state index in [2.05, 4.69) is 48.1 Å². The fourth-order valence-electron chi connectivity index (χ4n) is 2.43. The van der Waals surface area contributed by atoms with Gasteiger partial charge in [0.2, 0.25) is 0 Å². The lowest BCUT2D eigenvalue weighted by Crippen LogP contribution is -2.34. The van der Waals surface area contributed by atoms with E-state index in [9.17, 15) is 0 Å². The van der Waals surface area contributed by atoms with Crippen LogP contribution in [0.1, 0.15) is 13.8 Å². The quantitative estimate of drug-likeness (QED) is 0.894. The van der Waals surface area contributed by atoms with Crippen LogP contribution in [-0.2, 0) is 7.05 Å². The first-order chi connectivity index (χ1) is 8.89. The smallest absolute Gasteiger partial charge is 0.154 e. The molecule has 0 amide bonds. The summed E-state index contributed by atoms with van der Waals surface area (Å²) in [6.07, 6.45) is 3.65. The average Bonchev–Trinajstić information content (AvgIpc) is 2.68. The Labute approximate surface area is 114 Å². The summed E-state index contributed by atoms with van der Waals surface area (Å²) in [4.78, 5) is 11.0. The van der Waals surface area contributed by atoms with Crippen LogP contribution in [0.4, 0.5) is 5.82 Å². The van der Waals surface area contributed by atoms with Crippen molar-refractivity contribution >= 4 is 16.9 Å². The predicted octanol–water partition coefficient (Wildman–Crippen LogP) is 1.97. The molecule has 2 heterocycles. The molecule has 104 valence electrons. The van der Waals surface area contributed by atoms with Crippen LogP contribution in [0.25, 0.3) is 11.0 Å². The van der Waals surface area contributed by atoms with E-state index in [0.717, 1.165) is 29.9 Å². The minimum Gasteiger partial charge on any atom is -0.368 e. The molecule has 0 atom stereocenters. The molecule has 0 bridgehead atoms. The second-order valence-electron chi connectivity index (χ2n) is 6.14. The fourth-order valence-corrected chi connectivity index (χ4v) is 2.43. The maximum atomic E-state index is 4.41. The van der Waals surface area contributed by atoms with Crippen LogP contribution in [0.3, 0.4) is 0 Å². The van der Waals surface area contributed by atoms with Crippen molar-refractivity contribution in [3.8, 4) is 0 Å². The summed E-state index contributed by atoms with van der Waals surface area (Å²) in [5.74, 6) is 0.866. The first kappa shape index (κ1) is 13.8. The number of imidazole rings is 1. The third-order valence-electron chi connectivity index (χ3n) is 3.12. The second-order valence-corrected chi connectivity index (χ2v) is 6.14. The lowest BCUT2D eigenvalue weighted by atomic mass is 9.93. The molecule has 0 spiro atoms. The third kappa shape index (κ3) is 3.23. The number of aromatic nitrogens is 3. The molecule has 0 unspecified atom stereocenters. The molecule has 19 heavy (non-hydrogen) atoms. The summed E-state index contributed by atoms with van der Waals surface area (Å²) in [7, 11) is 6.19. The van der Waals surface area contributed by atoms with Crippen LogP contribution in [0.15, 0.2) is 18.6 Å². The molecule has 0 aliphatic rings. The van der Waals surface area contributed by atoms with Crippen LogP contribution in [-0.4, -0.2) is 46.6 Å². The zero-order valence-corrected chi connectivity index (χ0v) is 12.4. The Hall–Kier alpha value is -1.62. The Bertz CT molecular complexity index is 556. The molecular formula is C14H23N5. The zero-order chi connectivity index (χ0) is 14.0. The summed E-state index contributed by atoms with van der Waals surface area (Å²) in [5.41, 5.74) is 2.22. The summed E-state index contributed by atoms with van der Waals surface area (Å²) < 4.78 is 2.01. The van der Waals surface area contributed by atoms with E-state index in [4.69, 9.17) is 0 Å². The predicted molar refractivity (Wildman–Crippen MR) is 79.3 cm³/mol. The minimum absolute atomic E-state index is 0.183. The van der Waals surface area contributed by atoms with Gasteiger partial charge in [-0.2, -0.15) is 0 Å².